The Bertz CT molecular complexity index is 1190. The number of hydrogen-bond donors (Lipinski definition) is 1. The number of benzene rings is 2. The molecule has 1 amide bonds. The average molecular weight is 530 g/mol. The maximum Gasteiger partial charge on any atom is 0.236 e. The van der Waals surface area contributed by atoms with Gasteiger partial charge in [0.2, 0.25) is 5.91 Å². The number of hydrogen-bond acceptors (Lipinski definition) is 7. The van der Waals surface area contributed by atoms with Crippen molar-refractivity contribution in [3.8, 4) is 17.0 Å². The largest absolute Gasteiger partial charge is 0.483 e. The van der Waals surface area contributed by atoms with Crippen LogP contribution in [0.15, 0.2) is 69.6 Å². The first kappa shape index (κ1) is 22.5. The zero-order chi connectivity index (χ0) is 22.5. The summed E-state index contributed by atoms with van der Waals surface area (Å²) in [5.74, 6) is 1.51. The van der Waals surface area contributed by atoms with Crippen LogP contribution in [0.5, 0.6) is 5.75 Å². The molecule has 0 aliphatic carbocycles. The number of halogens is 1. The molecular formula is C22H20BrN5O2S2. The van der Waals surface area contributed by atoms with Crippen molar-refractivity contribution >= 4 is 50.1 Å². The molecule has 32 heavy (non-hydrogen) atoms. The Morgan fingerprint density at radius 2 is 1.94 bits per heavy atom. The minimum absolute atomic E-state index is 0.148. The monoisotopic (exact) mass is 529 g/mol. The lowest BCUT2D eigenvalue weighted by molar-refractivity contribution is -0.113. The van der Waals surface area contributed by atoms with E-state index in [1.165, 1.54) is 23.1 Å². The van der Waals surface area contributed by atoms with Crippen LogP contribution in [0.1, 0.15) is 18.9 Å². The fourth-order valence-corrected chi connectivity index (χ4v) is 4.65. The van der Waals surface area contributed by atoms with Crippen LogP contribution < -0.4 is 10.1 Å². The van der Waals surface area contributed by atoms with Gasteiger partial charge < -0.3 is 14.6 Å². The van der Waals surface area contributed by atoms with E-state index in [1.54, 1.807) is 0 Å². The Balaban J connectivity index is 1.32. The van der Waals surface area contributed by atoms with Crippen LogP contribution in [0.2, 0.25) is 0 Å². The van der Waals surface area contributed by atoms with Crippen molar-refractivity contribution in [1.29, 1.82) is 0 Å². The summed E-state index contributed by atoms with van der Waals surface area (Å²) in [6.07, 6.45) is -0.273. The highest BCUT2D eigenvalue weighted by atomic mass is 79.9. The number of carbonyl (C=O) groups excluding carboxylic acids is 1. The number of ether oxygens (including phenoxy) is 1. The molecule has 2 aromatic carbocycles. The van der Waals surface area contributed by atoms with Crippen LogP contribution in [0.3, 0.4) is 0 Å². The van der Waals surface area contributed by atoms with Crippen LogP contribution in [-0.2, 0) is 11.8 Å². The van der Waals surface area contributed by atoms with Crippen molar-refractivity contribution in [2.75, 3.05) is 11.1 Å². The summed E-state index contributed by atoms with van der Waals surface area (Å²) in [6, 6.07) is 17.5. The first-order valence-electron chi connectivity index (χ1n) is 9.74. The first-order valence-corrected chi connectivity index (χ1v) is 12.4. The van der Waals surface area contributed by atoms with Gasteiger partial charge in [0.15, 0.2) is 22.2 Å². The lowest BCUT2D eigenvalue weighted by atomic mass is 10.2. The molecule has 164 valence electrons. The Morgan fingerprint density at radius 1 is 1.19 bits per heavy atom. The number of anilines is 1. The Labute approximate surface area is 202 Å². The fraction of sp³-hybridized carbons (Fsp3) is 0.182. The Hall–Kier alpha value is -2.69. The maximum atomic E-state index is 12.4. The molecule has 1 unspecified atom stereocenters. The molecule has 0 aliphatic rings. The zero-order valence-corrected chi connectivity index (χ0v) is 20.6. The minimum Gasteiger partial charge on any atom is -0.483 e. The van der Waals surface area contributed by atoms with E-state index < -0.39 is 0 Å². The molecule has 0 spiro atoms. The molecule has 0 aliphatic heterocycles. The summed E-state index contributed by atoms with van der Waals surface area (Å²) in [6.45, 7) is 1.92. The average Bonchev–Trinajstić information content (AvgIpc) is 3.40. The third-order valence-electron chi connectivity index (χ3n) is 4.51. The predicted molar refractivity (Wildman–Crippen MR) is 131 cm³/mol. The molecule has 2 heterocycles. The van der Waals surface area contributed by atoms with Gasteiger partial charge in [-0.1, -0.05) is 58.0 Å². The molecule has 4 aromatic rings. The van der Waals surface area contributed by atoms with E-state index in [0.717, 1.165) is 21.5 Å². The van der Waals surface area contributed by atoms with Gasteiger partial charge in [0.1, 0.15) is 5.75 Å². The lowest BCUT2D eigenvalue weighted by Crippen LogP contribution is -2.14. The number of nitrogens with one attached hydrogen (secondary N) is 1. The van der Waals surface area contributed by atoms with Gasteiger partial charge in [-0.25, -0.2) is 4.98 Å². The maximum absolute atomic E-state index is 12.4. The number of nitrogens with zero attached hydrogens (tertiary/aromatic N) is 4. The standard InChI is InChI=1S/C22H20BrN5O2S2/c1-14(30-17-6-4-3-5-7-17)20-26-27-22(28(20)2)32-13-19(29)25-21-24-18(12-31-21)15-8-10-16(23)11-9-15/h3-12,14H,13H2,1-2H3,(H,24,25,29). The molecule has 7 nitrogen and oxygen atoms in total. The second-order valence-electron chi connectivity index (χ2n) is 6.85. The van der Waals surface area contributed by atoms with E-state index in [-0.39, 0.29) is 17.8 Å². The molecule has 4 rings (SSSR count). The second-order valence-corrected chi connectivity index (χ2v) is 9.57. The normalized spacial score (nSPS) is 11.8. The van der Waals surface area contributed by atoms with Crippen LogP contribution in [0.4, 0.5) is 5.13 Å². The molecule has 10 heteroatoms. The highest BCUT2D eigenvalue weighted by Crippen LogP contribution is 2.27. The van der Waals surface area contributed by atoms with Crippen molar-refractivity contribution in [1.82, 2.24) is 19.7 Å². The predicted octanol–water partition coefficient (Wildman–Crippen LogP) is 5.57. The number of carbonyl (C=O) groups is 1. The second kappa shape index (κ2) is 10.3. The van der Waals surface area contributed by atoms with Gasteiger partial charge in [0.05, 0.1) is 11.4 Å². The minimum atomic E-state index is -0.273. The van der Waals surface area contributed by atoms with E-state index in [9.17, 15) is 4.79 Å². The van der Waals surface area contributed by atoms with Crippen molar-refractivity contribution in [2.24, 2.45) is 7.05 Å². The van der Waals surface area contributed by atoms with Crippen LogP contribution >= 0.6 is 39.0 Å². The van der Waals surface area contributed by atoms with Gasteiger partial charge in [-0.2, -0.15) is 0 Å². The smallest absolute Gasteiger partial charge is 0.236 e. The van der Waals surface area contributed by atoms with Crippen LogP contribution in [0, 0.1) is 0 Å². The summed E-state index contributed by atoms with van der Waals surface area (Å²) in [4.78, 5) is 16.9. The zero-order valence-electron chi connectivity index (χ0n) is 17.4. The molecule has 1 atom stereocenters. The molecule has 0 saturated heterocycles. The van der Waals surface area contributed by atoms with Crippen molar-refractivity contribution in [3.05, 3.63) is 70.3 Å². The number of aromatic nitrogens is 4. The molecule has 0 bridgehead atoms. The topological polar surface area (TPSA) is 81.9 Å². The van der Waals surface area contributed by atoms with Gasteiger partial charge in [0, 0.05) is 22.5 Å². The van der Waals surface area contributed by atoms with E-state index in [2.05, 4.69) is 36.4 Å². The fourth-order valence-electron chi connectivity index (χ4n) is 2.93. The highest BCUT2D eigenvalue weighted by Gasteiger charge is 2.18. The summed E-state index contributed by atoms with van der Waals surface area (Å²) < 4.78 is 8.78. The summed E-state index contributed by atoms with van der Waals surface area (Å²) in [7, 11) is 1.87. The molecule has 0 fully saturated rings. The van der Waals surface area contributed by atoms with Crippen LogP contribution in [-0.4, -0.2) is 31.4 Å². The third kappa shape index (κ3) is 5.56. The molecular weight excluding hydrogens is 510 g/mol. The summed E-state index contributed by atoms with van der Waals surface area (Å²) in [5, 5.41) is 14.4. The Morgan fingerprint density at radius 3 is 2.69 bits per heavy atom. The molecule has 0 radical (unpaired) electrons. The highest BCUT2D eigenvalue weighted by molar-refractivity contribution is 9.10. The summed E-state index contributed by atoms with van der Waals surface area (Å²) in [5.41, 5.74) is 1.83. The lowest BCUT2D eigenvalue weighted by Gasteiger charge is -2.14. The molecule has 2 aromatic heterocycles. The number of amides is 1. The SMILES string of the molecule is CC(Oc1ccccc1)c1nnc(SCC(=O)Nc2nc(-c3ccc(Br)cc3)cs2)n1C. The molecule has 0 saturated carbocycles. The van der Waals surface area contributed by atoms with E-state index in [4.69, 9.17) is 4.74 Å². The quantitative estimate of drug-likeness (QED) is 0.300. The Kier molecular flexibility index (Phi) is 7.23. The van der Waals surface area contributed by atoms with Gasteiger partial charge in [-0.15, -0.1) is 21.5 Å². The van der Waals surface area contributed by atoms with Gasteiger partial charge in [-0.05, 0) is 31.2 Å². The van der Waals surface area contributed by atoms with Crippen molar-refractivity contribution in [2.45, 2.75) is 18.2 Å². The third-order valence-corrected chi connectivity index (χ3v) is 6.82. The number of thiazole rings is 1. The van der Waals surface area contributed by atoms with Gasteiger partial charge >= 0.3 is 0 Å². The van der Waals surface area contributed by atoms with Gasteiger partial charge in [0.25, 0.3) is 0 Å². The number of rotatable bonds is 8. The van der Waals surface area contributed by atoms with E-state index >= 15 is 0 Å². The van der Waals surface area contributed by atoms with Crippen LogP contribution in [0.25, 0.3) is 11.3 Å². The first-order chi connectivity index (χ1) is 15.5. The number of para-hydroxylation sites is 1. The van der Waals surface area contributed by atoms with E-state index in [0.29, 0.717) is 16.1 Å². The molecule has 1 N–H and O–H groups in total. The van der Waals surface area contributed by atoms with Crippen molar-refractivity contribution in [3.63, 3.8) is 0 Å². The van der Waals surface area contributed by atoms with Gasteiger partial charge in [-0.3, -0.25) is 4.79 Å². The van der Waals surface area contributed by atoms with E-state index in [1.807, 2.05) is 78.5 Å². The van der Waals surface area contributed by atoms with Crippen molar-refractivity contribution < 1.29 is 9.53 Å². The number of thioether (sulfide) groups is 1. The summed E-state index contributed by atoms with van der Waals surface area (Å²) >= 11 is 6.14.